The van der Waals surface area contributed by atoms with E-state index >= 15 is 0 Å². The van der Waals surface area contributed by atoms with Gasteiger partial charge in [0.05, 0.1) is 35.5 Å². The molecule has 3 atom stereocenters. The lowest BCUT2D eigenvalue weighted by atomic mass is 9.75. The summed E-state index contributed by atoms with van der Waals surface area (Å²) in [6.07, 6.45) is 2.85. The Balaban J connectivity index is 1.36. The van der Waals surface area contributed by atoms with Crippen LogP contribution in [0.2, 0.25) is 0 Å². The number of fused-ring (bicyclic) bond motifs is 8. The molecular formula is C39H42N2O8. The normalized spacial score (nSPS) is 20.3. The van der Waals surface area contributed by atoms with Crippen molar-refractivity contribution < 1.29 is 38.6 Å². The van der Waals surface area contributed by atoms with Crippen molar-refractivity contribution in [3.63, 3.8) is 0 Å². The first kappa shape index (κ1) is 31.5. The number of hydrogen-bond donors (Lipinski definition) is 2. The molecule has 49 heavy (non-hydrogen) atoms. The summed E-state index contributed by atoms with van der Waals surface area (Å²) >= 11 is 0. The molecule has 0 saturated carbocycles. The second kappa shape index (κ2) is 11.7. The third-order valence-electron chi connectivity index (χ3n) is 11.2. The summed E-state index contributed by atoms with van der Waals surface area (Å²) in [4.78, 5) is 4.67. The van der Waals surface area contributed by atoms with Crippen LogP contribution >= 0.6 is 0 Å². The quantitative estimate of drug-likeness (QED) is 0.227. The average molecular weight is 667 g/mol. The van der Waals surface area contributed by atoms with Crippen LogP contribution in [-0.2, 0) is 25.7 Å². The molecule has 256 valence electrons. The summed E-state index contributed by atoms with van der Waals surface area (Å²) in [5.74, 6) is 4.05. The zero-order valence-electron chi connectivity index (χ0n) is 29.0. The number of phenols is 2. The lowest BCUT2D eigenvalue weighted by Gasteiger charge is -2.46. The molecular weight excluding hydrogens is 624 g/mol. The van der Waals surface area contributed by atoms with Crippen molar-refractivity contribution in [1.82, 2.24) is 9.80 Å². The van der Waals surface area contributed by atoms with E-state index in [-0.39, 0.29) is 29.6 Å². The number of nitrogens with zero attached hydrogens (tertiary/aromatic N) is 2. The summed E-state index contributed by atoms with van der Waals surface area (Å²) < 4.78 is 36.4. The summed E-state index contributed by atoms with van der Waals surface area (Å²) in [5, 5.41) is 22.5. The molecule has 3 heterocycles. The van der Waals surface area contributed by atoms with E-state index in [4.69, 9.17) is 28.4 Å². The molecule has 3 aliphatic heterocycles. The van der Waals surface area contributed by atoms with Crippen LogP contribution in [0, 0.1) is 0 Å². The van der Waals surface area contributed by atoms with E-state index in [1.165, 1.54) is 11.1 Å². The van der Waals surface area contributed by atoms with Crippen molar-refractivity contribution in [3.8, 4) is 62.9 Å². The highest BCUT2D eigenvalue weighted by atomic mass is 16.5. The maximum Gasteiger partial charge on any atom is 0.177 e. The highest BCUT2D eigenvalue weighted by molar-refractivity contribution is 5.89. The van der Waals surface area contributed by atoms with E-state index in [1.807, 2.05) is 18.2 Å². The van der Waals surface area contributed by atoms with Crippen LogP contribution < -0.4 is 28.4 Å². The van der Waals surface area contributed by atoms with Gasteiger partial charge in [0.2, 0.25) is 0 Å². The Bertz CT molecular complexity index is 2010. The molecule has 3 unspecified atom stereocenters. The summed E-state index contributed by atoms with van der Waals surface area (Å²) in [7, 11) is 12.3. The molecule has 0 spiro atoms. The Labute approximate surface area is 286 Å². The number of benzene rings is 4. The first-order chi connectivity index (χ1) is 23.7. The SMILES string of the molecule is COc1cc2c(cc1O)C1Cc3c(Oc4c(OC)cc5c6c4-c4c(ccc(OC)c4OC)CC6N(C)CC5)cc(OC)c(O)c3C(C2)N1C. The maximum atomic E-state index is 11.7. The van der Waals surface area contributed by atoms with Crippen molar-refractivity contribution in [2.75, 3.05) is 56.2 Å². The lowest BCUT2D eigenvalue weighted by molar-refractivity contribution is 0.132. The number of ether oxygens (including phenoxy) is 6. The molecule has 2 N–H and O–H groups in total. The van der Waals surface area contributed by atoms with E-state index in [9.17, 15) is 10.2 Å². The van der Waals surface area contributed by atoms with Gasteiger partial charge in [0.25, 0.3) is 0 Å². The maximum absolute atomic E-state index is 11.7. The third kappa shape index (κ3) is 4.53. The van der Waals surface area contributed by atoms with E-state index in [0.29, 0.717) is 53.1 Å². The highest BCUT2D eigenvalue weighted by Gasteiger charge is 2.44. The molecule has 4 aromatic carbocycles. The zero-order valence-corrected chi connectivity index (χ0v) is 29.0. The molecule has 4 aliphatic rings. The van der Waals surface area contributed by atoms with Gasteiger partial charge in [-0.25, -0.2) is 0 Å². The van der Waals surface area contributed by atoms with Gasteiger partial charge in [-0.3, -0.25) is 9.80 Å². The summed E-state index contributed by atoms with van der Waals surface area (Å²) in [5.41, 5.74) is 9.21. The second-order valence-corrected chi connectivity index (χ2v) is 13.4. The van der Waals surface area contributed by atoms with Crippen LogP contribution in [0.15, 0.2) is 36.4 Å². The van der Waals surface area contributed by atoms with E-state index in [0.717, 1.165) is 58.3 Å². The fourth-order valence-electron chi connectivity index (χ4n) is 8.78. The monoisotopic (exact) mass is 666 g/mol. The molecule has 1 aliphatic carbocycles. The molecule has 0 fully saturated rings. The van der Waals surface area contributed by atoms with E-state index < -0.39 is 0 Å². The molecule has 10 heteroatoms. The topological polar surface area (TPSA) is 102 Å². The van der Waals surface area contributed by atoms with Crippen LogP contribution in [0.4, 0.5) is 0 Å². The van der Waals surface area contributed by atoms with Gasteiger partial charge in [0.15, 0.2) is 46.0 Å². The molecule has 0 radical (unpaired) electrons. The molecule has 0 amide bonds. The van der Waals surface area contributed by atoms with Gasteiger partial charge in [-0.05, 0) is 91.9 Å². The van der Waals surface area contributed by atoms with Gasteiger partial charge in [-0.15, -0.1) is 0 Å². The number of phenolic OH excluding ortho intramolecular Hbond substituents is 2. The molecule has 0 aromatic heterocycles. The van der Waals surface area contributed by atoms with Gasteiger partial charge < -0.3 is 38.6 Å². The number of likely N-dealkylation sites (N-methyl/N-ethyl adjacent to an activating group) is 2. The molecule has 4 aromatic rings. The zero-order chi connectivity index (χ0) is 34.3. The molecule has 2 bridgehead atoms. The van der Waals surface area contributed by atoms with E-state index in [2.05, 4.69) is 36.0 Å². The standard InChI is InChI=1S/C39H42N2O8/c1-40-11-10-20-14-32(47-6)39(36-33(20)25(40)12-19-8-9-28(44-3)38(48-7)34(19)36)49-29-18-31(46-5)37(43)35-23(29)16-24-22-17-27(42)30(45-4)15-21(22)13-26(35)41(24)2/h8-9,14-15,17-18,24-26,42-43H,10-13,16H2,1-7H3. The molecule has 0 saturated heterocycles. The van der Waals surface area contributed by atoms with Crippen molar-refractivity contribution >= 4 is 0 Å². The van der Waals surface area contributed by atoms with Gasteiger partial charge in [-0.1, -0.05) is 6.07 Å². The molecule has 8 rings (SSSR count). The van der Waals surface area contributed by atoms with Crippen LogP contribution in [0.5, 0.6) is 51.7 Å². The summed E-state index contributed by atoms with van der Waals surface area (Å²) in [6, 6.07) is 11.6. The third-order valence-corrected chi connectivity index (χ3v) is 11.2. The Morgan fingerprint density at radius 3 is 2.04 bits per heavy atom. The summed E-state index contributed by atoms with van der Waals surface area (Å²) in [6.45, 7) is 0.935. The van der Waals surface area contributed by atoms with E-state index in [1.54, 1.807) is 41.6 Å². The molecule has 10 nitrogen and oxygen atoms in total. The second-order valence-electron chi connectivity index (χ2n) is 13.4. The Morgan fingerprint density at radius 2 is 1.33 bits per heavy atom. The first-order valence-electron chi connectivity index (χ1n) is 16.6. The first-order valence-corrected chi connectivity index (χ1v) is 16.6. The van der Waals surface area contributed by atoms with Crippen LogP contribution in [0.1, 0.15) is 57.1 Å². The predicted octanol–water partition coefficient (Wildman–Crippen LogP) is 6.51. The number of rotatable bonds is 7. The minimum Gasteiger partial charge on any atom is -0.504 e. The Morgan fingerprint density at radius 1 is 0.612 bits per heavy atom. The van der Waals surface area contributed by atoms with Crippen molar-refractivity contribution in [2.45, 2.75) is 43.8 Å². The van der Waals surface area contributed by atoms with Crippen LogP contribution in [0.25, 0.3) is 11.1 Å². The minimum atomic E-state index is -0.167. The highest BCUT2D eigenvalue weighted by Crippen LogP contribution is 2.59. The van der Waals surface area contributed by atoms with Gasteiger partial charge >= 0.3 is 0 Å². The lowest BCUT2D eigenvalue weighted by Crippen LogP contribution is -2.40. The average Bonchev–Trinajstić information content (AvgIpc) is 3.11. The fourth-order valence-corrected chi connectivity index (χ4v) is 8.78. The van der Waals surface area contributed by atoms with Crippen LogP contribution in [-0.4, -0.2) is 76.2 Å². The number of hydrogen-bond acceptors (Lipinski definition) is 10. The Hall–Kier alpha value is -4.80. The number of aromatic hydroxyl groups is 2. The van der Waals surface area contributed by atoms with Gasteiger partial charge in [-0.2, -0.15) is 0 Å². The van der Waals surface area contributed by atoms with Gasteiger partial charge in [0.1, 0.15) is 5.75 Å². The van der Waals surface area contributed by atoms with Gasteiger partial charge in [0, 0.05) is 53.0 Å². The Kier molecular flexibility index (Phi) is 7.49. The van der Waals surface area contributed by atoms with Crippen LogP contribution in [0.3, 0.4) is 0 Å². The largest absolute Gasteiger partial charge is 0.504 e. The van der Waals surface area contributed by atoms with Crippen molar-refractivity contribution in [2.24, 2.45) is 0 Å². The predicted molar refractivity (Wildman–Crippen MR) is 184 cm³/mol. The smallest absolute Gasteiger partial charge is 0.177 e. The fraction of sp³-hybridized carbons (Fsp3) is 0.385. The van der Waals surface area contributed by atoms with Crippen molar-refractivity contribution in [1.29, 1.82) is 0 Å². The number of methoxy groups -OCH3 is 5. The van der Waals surface area contributed by atoms with Crippen molar-refractivity contribution in [3.05, 3.63) is 75.3 Å². The minimum absolute atomic E-state index is 0.0694.